The van der Waals surface area contributed by atoms with Crippen molar-refractivity contribution in [3.8, 4) is 11.3 Å². The van der Waals surface area contributed by atoms with E-state index in [4.69, 9.17) is 4.42 Å². The maximum Gasteiger partial charge on any atom is 0.212 e. The van der Waals surface area contributed by atoms with Crippen molar-refractivity contribution in [2.45, 2.75) is 19.9 Å². The number of halogens is 1. The molecule has 1 unspecified atom stereocenters. The molecule has 2 rings (SSSR count). The summed E-state index contributed by atoms with van der Waals surface area (Å²) < 4.78 is 43.7. The molecule has 1 N–H and O–H groups in total. The van der Waals surface area contributed by atoms with E-state index in [-0.39, 0.29) is 17.5 Å². The molecule has 0 spiro atoms. The van der Waals surface area contributed by atoms with Crippen LogP contribution < -0.4 is 4.72 Å². The van der Waals surface area contributed by atoms with E-state index in [1.54, 1.807) is 26.0 Å². The van der Waals surface area contributed by atoms with E-state index >= 15 is 0 Å². The highest BCUT2D eigenvalue weighted by Gasteiger charge is 2.18. The molecule has 1 atom stereocenters. The highest BCUT2D eigenvalue weighted by Crippen LogP contribution is 2.23. The summed E-state index contributed by atoms with van der Waals surface area (Å²) in [7, 11) is -3.33. The Hall–Kier alpha value is -1.73. The monoisotopic (exact) mass is 298 g/mol. The van der Waals surface area contributed by atoms with Crippen molar-refractivity contribution in [1.29, 1.82) is 0 Å². The third kappa shape index (κ3) is 3.43. The van der Waals surface area contributed by atoms with Crippen LogP contribution in [0.15, 0.2) is 34.9 Å². The summed E-state index contributed by atoms with van der Waals surface area (Å²) in [5, 5.41) is 0. The Morgan fingerprint density at radius 1 is 1.35 bits per heavy atom. The molecule has 5 nitrogen and oxygen atoms in total. The molecule has 0 amide bonds. The average Bonchev–Trinajstić information content (AvgIpc) is 2.89. The van der Waals surface area contributed by atoms with Gasteiger partial charge in [-0.3, -0.25) is 0 Å². The number of nitrogens with one attached hydrogen (secondary N) is 1. The first-order chi connectivity index (χ1) is 9.41. The number of benzene rings is 1. The Labute approximate surface area is 116 Å². The van der Waals surface area contributed by atoms with Gasteiger partial charge < -0.3 is 4.42 Å². The van der Waals surface area contributed by atoms with Gasteiger partial charge in [0.25, 0.3) is 0 Å². The van der Waals surface area contributed by atoms with Gasteiger partial charge in [0.15, 0.2) is 5.76 Å². The van der Waals surface area contributed by atoms with E-state index in [0.29, 0.717) is 11.3 Å². The van der Waals surface area contributed by atoms with E-state index in [0.717, 1.165) is 0 Å². The number of hydrogen-bond donors (Lipinski definition) is 1. The van der Waals surface area contributed by atoms with E-state index < -0.39 is 16.1 Å². The molecule has 1 aromatic carbocycles. The fourth-order valence-corrected chi connectivity index (χ4v) is 2.44. The second kappa shape index (κ2) is 5.72. The zero-order chi connectivity index (χ0) is 14.8. The third-order valence-electron chi connectivity index (χ3n) is 2.76. The number of sulfonamides is 1. The maximum absolute atomic E-state index is 12.8. The van der Waals surface area contributed by atoms with Gasteiger partial charge in [-0.1, -0.05) is 0 Å². The first kappa shape index (κ1) is 14.7. The van der Waals surface area contributed by atoms with Gasteiger partial charge in [-0.05, 0) is 38.1 Å². The van der Waals surface area contributed by atoms with Gasteiger partial charge in [-0.15, -0.1) is 0 Å². The van der Waals surface area contributed by atoms with Crippen LogP contribution in [0.4, 0.5) is 4.39 Å². The number of hydrogen-bond acceptors (Lipinski definition) is 4. The molecule has 20 heavy (non-hydrogen) atoms. The quantitative estimate of drug-likeness (QED) is 0.920. The van der Waals surface area contributed by atoms with Crippen molar-refractivity contribution in [3.63, 3.8) is 0 Å². The van der Waals surface area contributed by atoms with Crippen molar-refractivity contribution in [2.24, 2.45) is 0 Å². The minimum absolute atomic E-state index is 0.0110. The molecule has 0 aliphatic rings. The van der Waals surface area contributed by atoms with Crippen LogP contribution in [0, 0.1) is 5.82 Å². The third-order valence-corrected chi connectivity index (χ3v) is 4.23. The van der Waals surface area contributed by atoms with E-state index in [9.17, 15) is 12.8 Å². The molecule has 108 valence electrons. The Morgan fingerprint density at radius 3 is 2.60 bits per heavy atom. The number of rotatable bonds is 5. The molecular formula is C13H15FN2O3S. The minimum Gasteiger partial charge on any atom is -0.439 e. The van der Waals surface area contributed by atoms with E-state index in [1.165, 1.54) is 18.3 Å². The van der Waals surface area contributed by atoms with Gasteiger partial charge in [0.05, 0.1) is 18.0 Å². The summed E-state index contributed by atoms with van der Waals surface area (Å²) >= 11 is 0. The number of aromatic nitrogens is 1. The van der Waals surface area contributed by atoms with Gasteiger partial charge in [0, 0.05) is 5.56 Å². The normalized spacial score (nSPS) is 13.3. The lowest BCUT2D eigenvalue weighted by molar-refractivity contribution is 0.452. The lowest BCUT2D eigenvalue weighted by Gasteiger charge is -2.09. The van der Waals surface area contributed by atoms with Crippen molar-refractivity contribution in [3.05, 3.63) is 42.2 Å². The van der Waals surface area contributed by atoms with Gasteiger partial charge >= 0.3 is 0 Å². The first-order valence-corrected chi connectivity index (χ1v) is 7.78. The molecular weight excluding hydrogens is 283 g/mol. The summed E-state index contributed by atoms with van der Waals surface area (Å²) in [5.41, 5.74) is 0.677. The van der Waals surface area contributed by atoms with Crippen LogP contribution in [-0.2, 0) is 10.0 Å². The molecule has 0 fully saturated rings. The maximum atomic E-state index is 12.8. The highest BCUT2D eigenvalue weighted by atomic mass is 32.2. The minimum atomic E-state index is -3.33. The highest BCUT2D eigenvalue weighted by molar-refractivity contribution is 7.89. The molecule has 0 radical (unpaired) electrons. The predicted octanol–water partition coefficient (Wildman–Crippen LogP) is 2.48. The molecule has 0 aliphatic carbocycles. The molecule has 0 bridgehead atoms. The summed E-state index contributed by atoms with van der Waals surface area (Å²) in [5.74, 6) is 0.379. The predicted molar refractivity (Wildman–Crippen MR) is 72.9 cm³/mol. The zero-order valence-electron chi connectivity index (χ0n) is 11.1. The van der Waals surface area contributed by atoms with Crippen molar-refractivity contribution in [1.82, 2.24) is 9.71 Å². The van der Waals surface area contributed by atoms with Crippen molar-refractivity contribution >= 4 is 10.0 Å². The van der Waals surface area contributed by atoms with Crippen molar-refractivity contribution < 1.29 is 17.2 Å². The summed E-state index contributed by atoms with van der Waals surface area (Å²) in [6.45, 7) is 3.20. The van der Waals surface area contributed by atoms with E-state index in [2.05, 4.69) is 9.71 Å². The fourth-order valence-electron chi connectivity index (χ4n) is 1.64. The molecule has 0 saturated heterocycles. The Morgan fingerprint density at radius 2 is 2.00 bits per heavy atom. The van der Waals surface area contributed by atoms with Crippen LogP contribution in [0.2, 0.25) is 0 Å². The second-order valence-electron chi connectivity index (χ2n) is 4.31. The lowest BCUT2D eigenvalue weighted by Crippen LogP contribution is -2.28. The largest absolute Gasteiger partial charge is 0.439 e. The summed E-state index contributed by atoms with van der Waals surface area (Å²) in [6.07, 6.45) is 1.49. The van der Waals surface area contributed by atoms with Crippen LogP contribution >= 0.6 is 0 Å². The lowest BCUT2D eigenvalue weighted by atomic mass is 10.2. The Kier molecular flexibility index (Phi) is 4.20. The molecule has 2 aromatic rings. The summed E-state index contributed by atoms with van der Waals surface area (Å²) in [4.78, 5) is 4.05. The SMILES string of the molecule is CCS(=O)(=O)NC(C)c1ncc(-c2ccc(F)cc2)o1. The van der Waals surface area contributed by atoms with Crippen LogP contribution in [-0.4, -0.2) is 19.2 Å². The van der Waals surface area contributed by atoms with Gasteiger partial charge in [0.2, 0.25) is 15.9 Å². The van der Waals surface area contributed by atoms with Crippen LogP contribution in [0.5, 0.6) is 0 Å². The van der Waals surface area contributed by atoms with Crippen LogP contribution in [0.3, 0.4) is 0 Å². The van der Waals surface area contributed by atoms with E-state index in [1.807, 2.05) is 0 Å². The Balaban J connectivity index is 2.18. The molecule has 1 heterocycles. The zero-order valence-corrected chi connectivity index (χ0v) is 11.9. The molecule has 0 saturated carbocycles. The fraction of sp³-hybridized carbons (Fsp3) is 0.308. The average molecular weight is 298 g/mol. The second-order valence-corrected chi connectivity index (χ2v) is 6.36. The standard InChI is InChI=1S/C13H15FN2O3S/c1-3-20(17,18)16-9(2)13-15-8-12(19-13)10-4-6-11(14)7-5-10/h4-9,16H,3H2,1-2H3. The Bertz CT molecular complexity index is 680. The first-order valence-electron chi connectivity index (χ1n) is 6.13. The number of oxazole rings is 1. The van der Waals surface area contributed by atoms with Gasteiger partial charge in [0.1, 0.15) is 5.82 Å². The number of nitrogens with zero attached hydrogens (tertiary/aromatic N) is 1. The smallest absolute Gasteiger partial charge is 0.212 e. The van der Waals surface area contributed by atoms with Crippen LogP contribution in [0.1, 0.15) is 25.8 Å². The topological polar surface area (TPSA) is 72.2 Å². The van der Waals surface area contributed by atoms with Crippen LogP contribution in [0.25, 0.3) is 11.3 Å². The molecule has 7 heteroatoms. The van der Waals surface area contributed by atoms with Gasteiger partial charge in [-0.2, -0.15) is 0 Å². The molecule has 0 aliphatic heterocycles. The molecule has 1 aromatic heterocycles. The summed E-state index contributed by atoms with van der Waals surface area (Å²) in [6, 6.07) is 5.22. The van der Waals surface area contributed by atoms with Crippen molar-refractivity contribution in [2.75, 3.05) is 5.75 Å². The van der Waals surface area contributed by atoms with Gasteiger partial charge in [-0.25, -0.2) is 22.5 Å².